The SMILES string of the molecule is COCCOC(=O)Nc1cccc(NC(=O)CCNC(=O)c2ccc(F)cc2Cl)c1. The Hall–Kier alpha value is -3.17. The normalized spacial score (nSPS) is 10.2. The van der Waals surface area contributed by atoms with Crippen molar-refractivity contribution in [1.29, 1.82) is 0 Å². The zero-order valence-electron chi connectivity index (χ0n) is 16.2. The number of amides is 3. The second-order valence-corrected chi connectivity index (χ2v) is 6.42. The maximum Gasteiger partial charge on any atom is 0.411 e. The lowest BCUT2D eigenvalue weighted by molar-refractivity contribution is -0.116. The van der Waals surface area contributed by atoms with E-state index in [0.717, 1.165) is 12.1 Å². The highest BCUT2D eigenvalue weighted by atomic mass is 35.5. The highest BCUT2D eigenvalue weighted by molar-refractivity contribution is 6.33. The van der Waals surface area contributed by atoms with Crippen LogP contribution in [0.4, 0.5) is 20.6 Å². The van der Waals surface area contributed by atoms with Crippen molar-refractivity contribution in [2.45, 2.75) is 6.42 Å². The average molecular weight is 438 g/mol. The largest absolute Gasteiger partial charge is 0.447 e. The Balaban J connectivity index is 1.79. The van der Waals surface area contributed by atoms with Gasteiger partial charge in [0, 0.05) is 31.5 Å². The molecule has 0 saturated carbocycles. The van der Waals surface area contributed by atoms with Crippen LogP contribution >= 0.6 is 11.6 Å². The third kappa shape index (κ3) is 7.69. The third-order valence-electron chi connectivity index (χ3n) is 3.73. The van der Waals surface area contributed by atoms with E-state index in [-0.39, 0.29) is 42.7 Å². The summed E-state index contributed by atoms with van der Waals surface area (Å²) < 4.78 is 22.7. The van der Waals surface area contributed by atoms with Crippen molar-refractivity contribution in [3.05, 3.63) is 58.9 Å². The Morgan fingerprint density at radius 2 is 1.77 bits per heavy atom. The lowest BCUT2D eigenvalue weighted by Crippen LogP contribution is -2.28. The molecule has 2 rings (SSSR count). The second kappa shape index (κ2) is 11.7. The molecule has 2 aromatic rings. The first-order valence-electron chi connectivity index (χ1n) is 8.95. The first-order valence-corrected chi connectivity index (χ1v) is 9.32. The van der Waals surface area contributed by atoms with E-state index in [2.05, 4.69) is 16.0 Å². The number of hydrogen-bond donors (Lipinski definition) is 3. The monoisotopic (exact) mass is 437 g/mol. The molecule has 0 radical (unpaired) electrons. The first-order chi connectivity index (χ1) is 14.4. The van der Waals surface area contributed by atoms with Crippen molar-refractivity contribution >= 4 is 40.9 Å². The van der Waals surface area contributed by atoms with Crippen LogP contribution in [-0.4, -0.2) is 44.8 Å². The van der Waals surface area contributed by atoms with Crippen molar-refractivity contribution < 1.29 is 28.2 Å². The fourth-order valence-corrected chi connectivity index (χ4v) is 2.58. The van der Waals surface area contributed by atoms with Crippen LogP contribution in [0.15, 0.2) is 42.5 Å². The minimum atomic E-state index is -0.641. The predicted molar refractivity (Wildman–Crippen MR) is 110 cm³/mol. The van der Waals surface area contributed by atoms with Crippen LogP contribution in [-0.2, 0) is 14.3 Å². The van der Waals surface area contributed by atoms with Gasteiger partial charge in [0.15, 0.2) is 0 Å². The Bertz CT molecular complexity index is 910. The van der Waals surface area contributed by atoms with Crippen LogP contribution in [0.3, 0.4) is 0 Å². The summed E-state index contributed by atoms with van der Waals surface area (Å²) in [6, 6.07) is 9.94. The van der Waals surface area contributed by atoms with Crippen LogP contribution in [0.2, 0.25) is 5.02 Å². The molecule has 0 aliphatic rings. The lowest BCUT2D eigenvalue weighted by atomic mass is 10.2. The Kier molecular flexibility index (Phi) is 9.04. The maximum atomic E-state index is 13.0. The standard InChI is InChI=1S/C20H21ClFN3O5/c1-29-9-10-30-20(28)25-15-4-2-3-14(12-15)24-18(26)7-8-23-19(27)16-6-5-13(22)11-17(16)21/h2-6,11-12H,7-10H2,1H3,(H,23,27)(H,24,26)(H,25,28). The summed E-state index contributed by atoms with van der Waals surface area (Å²) in [6.45, 7) is 0.461. The summed E-state index contributed by atoms with van der Waals surface area (Å²) in [5.74, 6) is -1.40. The minimum absolute atomic E-state index is 0.00126. The smallest absolute Gasteiger partial charge is 0.411 e. The quantitative estimate of drug-likeness (QED) is 0.521. The van der Waals surface area contributed by atoms with E-state index in [1.165, 1.54) is 13.2 Å². The van der Waals surface area contributed by atoms with Gasteiger partial charge in [0.1, 0.15) is 12.4 Å². The zero-order chi connectivity index (χ0) is 21.9. The molecule has 8 nitrogen and oxygen atoms in total. The number of anilines is 2. The van der Waals surface area contributed by atoms with E-state index in [0.29, 0.717) is 11.4 Å². The van der Waals surface area contributed by atoms with Gasteiger partial charge in [0.25, 0.3) is 5.91 Å². The van der Waals surface area contributed by atoms with Crippen molar-refractivity contribution in [3.8, 4) is 0 Å². The molecule has 30 heavy (non-hydrogen) atoms. The van der Waals surface area contributed by atoms with E-state index in [4.69, 9.17) is 21.1 Å². The van der Waals surface area contributed by atoms with E-state index >= 15 is 0 Å². The van der Waals surface area contributed by atoms with Crippen molar-refractivity contribution in [1.82, 2.24) is 5.32 Å². The summed E-state index contributed by atoms with van der Waals surface area (Å²) >= 11 is 5.83. The number of halogens is 2. The highest BCUT2D eigenvalue weighted by Gasteiger charge is 2.12. The molecule has 10 heteroatoms. The first kappa shape index (κ1) is 23.1. The molecule has 3 N–H and O–H groups in total. The van der Waals surface area contributed by atoms with Crippen molar-refractivity contribution in [3.63, 3.8) is 0 Å². The van der Waals surface area contributed by atoms with Gasteiger partial charge in [-0.15, -0.1) is 0 Å². The molecular weight excluding hydrogens is 417 g/mol. The van der Waals surface area contributed by atoms with Gasteiger partial charge >= 0.3 is 6.09 Å². The Labute approximate surface area is 177 Å². The summed E-state index contributed by atoms with van der Waals surface area (Å²) in [4.78, 5) is 35.8. The van der Waals surface area contributed by atoms with E-state index in [1.807, 2.05) is 0 Å². The van der Waals surface area contributed by atoms with Gasteiger partial charge in [-0.25, -0.2) is 9.18 Å². The Morgan fingerprint density at radius 1 is 1.03 bits per heavy atom. The Morgan fingerprint density at radius 3 is 2.47 bits per heavy atom. The number of methoxy groups -OCH3 is 1. The molecule has 160 valence electrons. The summed E-state index contributed by atoms with van der Waals surface area (Å²) in [5, 5.41) is 7.73. The van der Waals surface area contributed by atoms with Gasteiger partial charge in [-0.2, -0.15) is 0 Å². The molecule has 0 bridgehead atoms. The highest BCUT2D eigenvalue weighted by Crippen LogP contribution is 2.17. The van der Waals surface area contributed by atoms with Crippen molar-refractivity contribution in [2.24, 2.45) is 0 Å². The molecule has 0 atom stereocenters. The zero-order valence-corrected chi connectivity index (χ0v) is 16.9. The molecule has 0 unspecified atom stereocenters. The van der Waals surface area contributed by atoms with Gasteiger partial charge in [0.05, 0.1) is 17.2 Å². The lowest BCUT2D eigenvalue weighted by Gasteiger charge is -2.10. The van der Waals surface area contributed by atoms with Gasteiger partial charge < -0.3 is 20.1 Å². The maximum absolute atomic E-state index is 13.0. The summed E-state index contributed by atoms with van der Waals surface area (Å²) in [5.41, 5.74) is 1.02. The minimum Gasteiger partial charge on any atom is -0.447 e. The van der Waals surface area contributed by atoms with E-state index < -0.39 is 17.8 Å². The van der Waals surface area contributed by atoms with E-state index in [9.17, 15) is 18.8 Å². The number of benzene rings is 2. The second-order valence-electron chi connectivity index (χ2n) is 6.01. The van der Waals surface area contributed by atoms with Gasteiger partial charge in [-0.1, -0.05) is 17.7 Å². The van der Waals surface area contributed by atoms with E-state index in [1.54, 1.807) is 24.3 Å². The van der Waals surface area contributed by atoms with Crippen LogP contribution in [0.5, 0.6) is 0 Å². The molecule has 0 aliphatic carbocycles. The fourth-order valence-electron chi connectivity index (χ4n) is 2.33. The molecule has 0 aromatic heterocycles. The average Bonchev–Trinajstić information content (AvgIpc) is 2.68. The molecule has 3 amide bonds. The molecule has 0 spiro atoms. The number of rotatable bonds is 9. The summed E-state index contributed by atoms with van der Waals surface area (Å²) in [7, 11) is 1.50. The molecule has 0 aliphatic heterocycles. The molecular formula is C20H21ClFN3O5. The number of ether oxygens (including phenoxy) is 2. The molecule has 0 heterocycles. The van der Waals surface area contributed by atoms with Crippen LogP contribution in [0.1, 0.15) is 16.8 Å². The van der Waals surface area contributed by atoms with Crippen LogP contribution in [0, 0.1) is 5.82 Å². The van der Waals surface area contributed by atoms with Crippen LogP contribution < -0.4 is 16.0 Å². The van der Waals surface area contributed by atoms with Gasteiger partial charge in [-0.3, -0.25) is 14.9 Å². The number of carbonyl (C=O) groups excluding carboxylic acids is 3. The number of nitrogens with one attached hydrogen (secondary N) is 3. The topological polar surface area (TPSA) is 106 Å². The van der Waals surface area contributed by atoms with Gasteiger partial charge in [-0.05, 0) is 36.4 Å². The molecule has 0 fully saturated rings. The number of hydrogen-bond acceptors (Lipinski definition) is 5. The third-order valence-corrected chi connectivity index (χ3v) is 4.04. The number of carbonyl (C=O) groups is 3. The fraction of sp³-hybridized carbons (Fsp3) is 0.250. The molecule has 0 saturated heterocycles. The van der Waals surface area contributed by atoms with Crippen LogP contribution in [0.25, 0.3) is 0 Å². The predicted octanol–water partition coefficient (Wildman–Crippen LogP) is 3.43. The van der Waals surface area contributed by atoms with Gasteiger partial charge in [0.2, 0.25) is 5.91 Å². The van der Waals surface area contributed by atoms with Crippen molar-refractivity contribution in [2.75, 3.05) is 37.5 Å². The molecule has 2 aromatic carbocycles. The summed E-state index contributed by atoms with van der Waals surface area (Å²) in [6.07, 6.45) is -0.640.